The van der Waals surface area contributed by atoms with Gasteiger partial charge in [0.1, 0.15) is 5.75 Å². The van der Waals surface area contributed by atoms with Crippen LogP contribution in [-0.2, 0) is 19.4 Å². The average Bonchev–Trinajstić information content (AvgIpc) is 2.83. The molecule has 0 bridgehead atoms. The van der Waals surface area contributed by atoms with Crippen molar-refractivity contribution in [3.05, 3.63) is 75.5 Å². The van der Waals surface area contributed by atoms with Gasteiger partial charge in [-0.25, -0.2) is 4.79 Å². The van der Waals surface area contributed by atoms with Gasteiger partial charge in [-0.15, -0.1) is 0 Å². The molecule has 34 heavy (non-hydrogen) atoms. The number of urea groups is 1. The van der Waals surface area contributed by atoms with Crippen molar-refractivity contribution in [1.82, 2.24) is 4.90 Å². The van der Waals surface area contributed by atoms with E-state index in [0.717, 1.165) is 46.7 Å². The first kappa shape index (κ1) is 25.7. The molecule has 0 fully saturated rings. The number of nitrogen functional groups attached to an aromatic ring is 1. The molecule has 0 aliphatic heterocycles. The van der Waals surface area contributed by atoms with Crippen LogP contribution in [-0.4, -0.2) is 18.0 Å². The molecule has 0 saturated heterocycles. The summed E-state index contributed by atoms with van der Waals surface area (Å²) in [4.78, 5) is 15.6. The Morgan fingerprint density at radius 3 is 2.32 bits per heavy atom. The van der Waals surface area contributed by atoms with Gasteiger partial charge in [0.05, 0.1) is 19.3 Å². The van der Waals surface area contributed by atoms with E-state index in [1.165, 1.54) is 5.57 Å². The van der Waals surface area contributed by atoms with E-state index in [4.69, 9.17) is 22.1 Å². The van der Waals surface area contributed by atoms with Gasteiger partial charge < -0.3 is 15.8 Å². The smallest absolute Gasteiger partial charge is 0.326 e. The molecule has 0 heterocycles. The number of nitrogens with two attached hydrogens (primary N) is 1. The number of anilines is 2. The largest absolute Gasteiger partial charge is 0.497 e. The van der Waals surface area contributed by atoms with Crippen molar-refractivity contribution >= 4 is 29.0 Å². The third kappa shape index (κ3) is 5.76. The molecular weight excluding hydrogens is 446 g/mol. The number of benzene rings is 2. The summed E-state index contributed by atoms with van der Waals surface area (Å²) in [5.74, 6) is 1.28. The molecule has 0 spiro atoms. The molecule has 0 atom stereocenters. The normalized spacial score (nSPS) is 13.4. The highest BCUT2D eigenvalue weighted by Gasteiger charge is 2.24. The lowest BCUT2D eigenvalue weighted by atomic mass is 9.93. The van der Waals surface area contributed by atoms with E-state index >= 15 is 0 Å². The van der Waals surface area contributed by atoms with Crippen molar-refractivity contribution in [2.24, 2.45) is 5.92 Å². The lowest BCUT2D eigenvalue weighted by Crippen LogP contribution is -2.35. The van der Waals surface area contributed by atoms with Gasteiger partial charge in [-0.2, -0.15) is 0 Å². The number of halogens is 1. The van der Waals surface area contributed by atoms with Crippen LogP contribution in [0.25, 0.3) is 0 Å². The molecule has 0 aromatic heterocycles. The van der Waals surface area contributed by atoms with E-state index in [1.807, 2.05) is 43.0 Å². The maximum absolute atomic E-state index is 13.8. The van der Waals surface area contributed by atoms with Crippen molar-refractivity contribution in [3.63, 3.8) is 0 Å². The van der Waals surface area contributed by atoms with Crippen LogP contribution < -0.4 is 15.8 Å². The zero-order valence-electron chi connectivity index (χ0n) is 20.9. The minimum Gasteiger partial charge on any atom is -0.497 e. The Hall–Kier alpha value is -2.92. The Balaban J connectivity index is 1.99. The predicted molar refractivity (Wildman–Crippen MR) is 142 cm³/mol. The molecule has 2 aromatic rings. The van der Waals surface area contributed by atoms with Crippen LogP contribution in [0.1, 0.15) is 57.2 Å². The van der Waals surface area contributed by atoms with Gasteiger partial charge >= 0.3 is 6.03 Å². The number of methoxy groups -OCH3 is 1. The Labute approximate surface area is 208 Å². The second kappa shape index (κ2) is 11.5. The summed E-state index contributed by atoms with van der Waals surface area (Å²) in [7, 11) is 1.65. The first-order valence-electron chi connectivity index (χ1n) is 12.0. The number of nitrogens with one attached hydrogen (secondary N) is 1. The summed E-state index contributed by atoms with van der Waals surface area (Å²) < 4.78 is 5.29. The molecule has 1 aliphatic rings. The van der Waals surface area contributed by atoms with E-state index in [2.05, 4.69) is 31.3 Å². The second-order valence-electron chi connectivity index (χ2n) is 8.91. The predicted octanol–water partition coefficient (Wildman–Crippen LogP) is 7.35. The fraction of sp³-hybridized carbons (Fsp3) is 0.393. The van der Waals surface area contributed by atoms with Crippen LogP contribution in [0, 0.1) is 5.92 Å². The number of ether oxygens (including phenoxy) is 1. The van der Waals surface area contributed by atoms with Crippen LogP contribution in [0.15, 0.2) is 53.8 Å². The second-order valence-corrected chi connectivity index (χ2v) is 9.31. The summed E-state index contributed by atoms with van der Waals surface area (Å²) in [6.07, 6.45) is 7.39. The SMILES string of the molecule is CCc1c(N)cc(Cl)c(CC)c1NC(=O)N(Cc1ccc(OC)cc1)C1=CC=C(C(C)C)CC1. The highest BCUT2D eigenvalue weighted by molar-refractivity contribution is 6.32. The Morgan fingerprint density at radius 1 is 1.12 bits per heavy atom. The summed E-state index contributed by atoms with van der Waals surface area (Å²) in [5.41, 5.74) is 12.8. The third-order valence-corrected chi connectivity index (χ3v) is 6.79. The lowest BCUT2D eigenvalue weighted by molar-refractivity contribution is 0.221. The fourth-order valence-electron chi connectivity index (χ4n) is 4.37. The maximum atomic E-state index is 13.8. The Morgan fingerprint density at radius 2 is 1.79 bits per heavy atom. The topological polar surface area (TPSA) is 67.6 Å². The van der Waals surface area contributed by atoms with Gasteiger partial charge in [0.15, 0.2) is 0 Å². The third-order valence-electron chi connectivity index (χ3n) is 6.45. The first-order valence-corrected chi connectivity index (χ1v) is 12.4. The minimum atomic E-state index is -0.186. The van der Waals surface area contributed by atoms with Crippen LogP contribution in [0.2, 0.25) is 5.02 Å². The molecule has 3 N–H and O–H groups in total. The summed E-state index contributed by atoms with van der Waals surface area (Å²) in [6.45, 7) is 8.92. The number of amides is 2. The van der Waals surface area contributed by atoms with Crippen molar-refractivity contribution in [3.8, 4) is 5.75 Å². The lowest BCUT2D eigenvalue weighted by Gasteiger charge is -2.30. The van der Waals surface area contributed by atoms with E-state index < -0.39 is 0 Å². The van der Waals surface area contributed by atoms with Gasteiger partial charge in [0.25, 0.3) is 0 Å². The molecule has 5 nitrogen and oxygen atoms in total. The van der Waals surface area contributed by atoms with Gasteiger partial charge in [-0.1, -0.05) is 63.1 Å². The average molecular weight is 482 g/mol. The van der Waals surface area contributed by atoms with Gasteiger partial charge in [0, 0.05) is 16.4 Å². The first-order chi connectivity index (χ1) is 16.3. The molecular formula is C28H36ClN3O2. The number of nitrogens with zero attached hydrogens (tertiary/aromatic N) is 1. The highest BCUT2D eigenvalue weighted by atomic mass is 35.5. The number of hydrogen-bond acceptors (Lipinski definition) is 3. The zero-order chi connectivity index (χ0) is 24.8. The zero-order valence-corrected chi connectivity index (χ0v) is 21.6. The van der Waals surface area contributed by atoms with E-state index in [0.29, 0.717) is 36.0 Å². The molecule has 182 valence electrons. The number of carbonyl (C=O) groups excluding carboxylic acids is 1. The number of hydrogen-bond donors (Lipinski definition) is 2. The molecule has 0 unspecified atom stereocenters. The van der Waals surface area contributed by atoms with Crippen molar-refractivity contribution in [1.29, 1.82) is 0 Å². The van der Waals surface area contributed by atoms with Gasteiger partial charge in [-0.3, -0.25) is 4.90 Å². The Bertz CT molecular complexity index is 1060. The van der Waals surface area contributed by atoms with Crippen LogP contribution in [0.5, 0.6) is 5.75 Å². The number of rotatable bonds is 8. The van der Waals surface area contributed by atoms with E-state index in [-0.39, 0.29) is 6.03 Å². The van der Waals surface area contributed by atoms with Crippen LogP contribution in [0.3, 0.4) is 0 Å². The highest BCUT2D eigenvalue weighted by Crippen LogP contribution is 2.35. The fourth-order valence-corrected chi connectivity index (χ4v) is 4.72. The van der Waals surface area contributed by atoms with Crippen LogP contribution in [0.4, 0.5) is 16.2 Å². The summed E-state index contributed by atoms with van der Waals surface area (Å²) >= 11 is 6.50. The quantitative estimate of drug-likeness (QED) is 0.387. The summed E-state index contributed by atoms with van der Waals surface area (Å²) in [6, 6.07) is 9.41. The van der Waals surface area contributed by atoms with Crippen molar-refractivity contribution in [2.45, 2.75) is 59.9 Å². The number of allylic oxidation sites excluding steroid dienone is 4. The minimum absolute atomic E-state index is 0.186. The van der Waals surface area contributed by atoms with Crippen molar-refractivity contribution in [2.75, 3.05) is 18.2 Å². The van der Waals surface area contributed by atoms with Gasteiger partial charge in [-0.05, 0) is 72.6 Å². The molecule has 2 aromatic carbocycles. The van der Waals surface area contributed by atoms with Crippen LogP contribution >= 0.6 is 11.6 Å². The standard InChI is InChI=1S/C28H36ClN3O2/c1-6-23-25(29)16-26(30)24(7-2)27(23)31-28(33)32(17-19-8-14-22(34-5)15-9-19)21-12-10-20(11-13-21)18(3)4/h8-10,12,14-16,18H,6-7,11,13,17,30H2,1-5H3,(H,31,33). The van der Waals surface area contributed by atoms with Crippen molar-refractivity contribution < 1.29 is 9.53 Å². The number of carbonyl (C=O) groups is 1. The monoisotopic (exact) mass is 481 g/mol. The molecule has 2 amide bonds. The van der Waals surface area contributed by atoms with E-state index in [1.54, 1.807) is 13.2 Å². The van der Waals surface area contributed by atoms with Gasteiger partial charge in [0.2, 0.25) is 0 Å². The molecule has 0 saturated carbocycles. The molecule has 1 aliphatic carbocycles. The molecule has 6 heteroatoms. The molecule has 0 radical (unpaired) electrons. The molecule has 3 rings (SSSR count). The Kier molecular flexibility index (Phi) is 8.67. The summed E-state index contributed by atoms with van der Waals surface area (Å²) in [5, 5.41) is 3.75. The maximum Gasteiger partial charge on any atom is 0.326 e. The van der Waals surface area contributed by atoms with E-state index in [9.17, 15) is 4.79 Å².